The number of hydrogen-bond donors (Lipinski definition) is 6. The highest BCUT2D eigenvalue weighted by Crippen LogP contribution is 2.18. The normalized spacial score (nSPS) is 18.3. The van der Waals surface area contributed by atoms with Crippen molar-refractivity contribution in [1.29, 1.82) is 0 Å². The Morgan fingerprint density at radius 3 is 2.00 bits per heavy atom. The second-order valence-electron chi connectivity index (χ2n) is 5.23. The van der Waals surface area contributed by atoms with Crippen molar-refractivity contribution in [2.45, 2.75) is 57.0 Å². The lowest BCUT2D eigenvalue weighted by atomic mass is 9.90. The van der Waals surface area contributed by atoms with E-state index in [-0.39, 0.29) is 6.61 Å². The molecule has 0 aromatic carbocycles. The van der Waals surface area contributed by atoms with Crippen LogP contribution in [0.5, 0.6) is 0 Å². The van der Waals surface area contributed by atoms with Crippen LogP contribution in [0.25, 0.3) is 0 Å². The van der Waals surface area contributed by atoms with Crippen LogP contribution in [-0.2, 0) is 9.53 Å². The molecule has 5 atom stereocenters. The Morgan fingerprint density at radius 1 is 0.909 bits per heavy atom. The fourth-order valence-corrected chi connectivity index (χ4v) is 1.98. The zero-order chi connectivity index (χ0) is 17.1. The van der Waals surface area contributed by atoms with E-state index in [9.17, 15) is 25.2 Å². The number of carbonyl (C=O) groups is 1. The van der Waals surface area contributed by atoms with Crippen molar-refractivity contribution < 1.29 is 40.2 Å². The van der Waals surface area contributed by atoms with Gasteiger partial charge in [-0.2, -0.15) is 0 Å². The molecule has 0 aliphatic carbocycles. The minimum atomic E-state index is -1.88. The molecule has 22 heavy (non-hydrogen) atoms. The van der Waals surface area contributed by atoms with Gasteiger partial charge < -0.3 is 35.4 Å². The standard InChI is InChI=1S/C14H28O8/c1-2-3-4-5-6-22-14(21)11(9(17)7-15)13(20)12(19)10(18)8-16/h9-13,15-20H,2-8H2,1H3/t9-,10-,11?,12?,13+/m0/s1. The maximum Gasteiger partial charge on any atom is 0.314 e. The first kappa shape index (κ1) is 21.2. The molecule has 0 amide bonds. The second kappa shape index (κ2) is 11.8. The summed E-state index contributed by atoms with van der Waals surface area (Å²) in [7, 11) is 0. The summed E-state index contributed by atoms with van der Waals surface area (Å²) < 4.78 is 4.93. The lowest BCUT2D eigenvalue weighted by Gasteiger charge is -2.29. The third-order valence-electron chi connectivity index (χ3n) is 3.42. The van der Waals surface area contributed by atoms with Gasteiger partial charge in [-0.3, -0.25) is 4.79 Å². The predicted molar refractivity (Wildman–Crippen MR) is 76.8 cm³/mol. The maximum atomic E-state index is 11.9. The Kier molecular flexibility index (Phi) is 11.3. The van der Waals surface area contributed by atoms with Crippen LogP contribution < -0.4 is 0 Å². The van der Waals surface area contributed by atoms with Crippen molar-refractivity contribution in [3.63, 3.8) is 0 Å². The Bertz CT molecular complexity index is 299. The molecule has 0 bridgehead atoms. The van der Waals surface area contributed by atoms with E-state index in [0.717, 1.165) is 19.3 Å². The fraction of sp³-hybridized carbons (Fsp3) is 0.929. The number of rotatable bonds is 12. The molecule has 2 unspecified atom stereocenters. The summed E-state index contributed by atoms with van der Waals surface area (Å²) in [6.07, 6.45) is -3.57. The third kappa shape index (κ3) is 6.99. The van der Waals surface area contributed by atoms with Gasteiger partial charge in [0, 0.05) is 0 Å². The van der Waals surface area contributed by atoms with Crippen LogP contribution >= 0.6 is 0 Å². The van der Waals surface area contributed by atoms with Crippen LogP contribution in [0.4, 0.5) is 0 Å². The molecule has 6 N–H and O–H groups in total. The van der Waals surface area contributed by atoms with Crippen molar-refractivity contribution in [1.82, 2.24) is 0 Å². The maximum absolute atomic E-state index is 11.9. The average molecular weight is 324 g/mol. The average Bonchev–Trinajstić information content (AvgIpc) is 2.52. The van der Waals surface area contributed by atoms with Gasteiger partial charge in [-0.25, -0.2) is 0 Å². The van der Waals surface area contributed by atoms with Crippen molar-refractivity contribution in [3.05, 3.63) is 0 Å². The predicted octanol–water partition coefficient (Wildman–Crippen LogP) is -1.85. The highest BCUT2D eigenvalue weighted by atomic mass is 16.5. The Hall–Kier alpha value is -0.770. The third-order valence-corrected chi connectivity index (χ3v) is 3.42. The van der Waals surface area contributed by atoms with Crippen LogP contribution in [0.15, 0.2) is 0 Å². The molecule has 132 valence electrons. The van der Waals surface area contributed by atoms with E-state index in [4.69, 9.17) is 14.9 Å². The molecule has 0 radical (unpaired) electrons. The van der Waals surface area contributed by atoms with Crippen LogP contribution in [0, 0.1) is 5.92 Å². The van der Waals surface area contributed by atoms with E-state index in [1.54, 1.807) is 0 Å². The topological polar surface area (TPSA) is 148 Å². The summed E-state index contributed by atoms with van der Waals surface area (Å²) in [4.78, 5) is 11.9. The van der Waals surface area contributed by atoms with E-state index >= 15 is 0 Å². The number of carbonyl (C=O) groups excluding carboxylic acids is 1. The zero-order valence-electron chi connectivity index (χ0n) is 12.8. The summed E-state index contributed by atoms with van der Waals surface area (Å²) in [5, 5.41) is 56.2. The van der Waals surface area contributed by atoms with Crippen molar-refractivity contribution >= 4 is 5.97 Å². The molecule has 0 aliphatic rings. The minimum Gasteiger partial charge on any atom is -0.465 e. The summed E-state index contributed by atoms with van der Waals surface area (Å²) in [5.74, 6) is -2.60. The molecule has 0 aromatic rings. The number of esters is 1. The quantitative estimate of drug-likeness (QED) is 0.181. The Labute approximate surface area is 130 Å². The van der Waals surface area contributed by atoms with Gasteiger partial charge in [-0.1, -0.05) is 26.2 Å². The molecule has 0 aromatic heterocycles. The van der Waals surface area contributed by atoms with E-state index in [1.807, 2.05) is 6.92 Å². The molecule has 8 heteroatoms. The van der Waals surface area contributed by atoms with Gasteiger partial charge in [-0.05, 0) is 6.42 Å². The highest BCUT2D eigenvalue weighted by Gasteiger charge is 2.40. The number of hydrogen-bond acceptors (Lipinski definition) is 8. The number of aliphatic hydroxyl groups excluding tert-OH is 6. The van der Waals surface area contributed by atoms with Gasteiger partial charge in [0.25, 0.3) is 0 Å². The molecular formula is C14H28O8. The van der Waals surface area contributed by atoms with Gasteiger partial charge in [0.1, 0.15) is 18.1 Å². The van der Waals surface area contributed by atoms with Gasteiger partial charge in [0.05, 0.1) is 32.0 Å². The highest BCUT2D eigenvalue weighted by molar-refractivity contribution is 5.74. The summed E-state index contributed by atoms with van der Waals surface area (Å²) >= 11 is 0. The molecular weight excluding hydrogens is 296 g/mol. The molecule has 8 nitrogen and oxygen atoms in total. The Morgan fingerprint density at radius 2 is 1.50 bits per heavy atom. The lowest BCUT2D eigenvalue weighted by Crippen LogP contribution is -2.51. The molecule has 0 saturated carbocycles. The Balaban J connectivity index is 4.65. The fourth-order valence-electron chi connectivity index (χ4n) is 1.98. The summed E-state index contributed by atoms with van der Waals surface area (Å²) in [6, 6.07) is 0. The first-order valence-electron chi connectivity index (χ1n) is 7.51. The second-order valence-corrected chi connectivity index (χ2v) is 5.23. The van der Waals surface area contributed by atoms with E-state index in [2.05, 4.69) is 0 Å². The monoisotopic (exact) mass is 324 g/mol. The molecule has 0 spiro atoms. The van der Waals surface area contributed by atoms with Crippen LogP contribution in [0.2, 0.25) is 0 Å². The molecule has 0 fully saturated rings. The van der Waals surface area contributed by atoms with Crippen LogP contribution in [0.3, 0.4) is 0 Å². The van der Waals surface area contributed by atoms with Crippen LogP contribution in [-0.4, -0.2) is 80.8 Å². The zero-order valence-corrected chi connectivity index (χ0v) is 12.8. The number of unbranched alkanes of at least 4 members (excludes halogenated alkanes) is 3. The number of ether oxygens (including phenoxy) is 1. The lowest BCUT2D eigenvalue weighted by molar-refractivity contribution is -0.170. The van der Waals surface area contributed by atoms with Crippen molar-refractivity contribution in [3.8, 4) is 0 Å². The first-order valence-corrected chi connectivity index (χ1v) is 7.51. The van der Waals surface area contributed by atoms with E-state index in [1.165, 1.54) is 0 Å². The van der Waals surface area contributed by atoms with Crippen molar-refractivity contribution in [2.24, 2.45) is 5.92 Å². The molecule has 0 aliphatic heterocycles. The minimum absolute atomic E-state index is 0.0961. The van der Waals surface area contributed by atoms with Crippen molar-refractivity contribution in [2.75, 3.05) is 19.8 Å². The molecule has 0 saturated heterocycles. The first-order chi connectivity index (χ1) is 10.4. The molecule has 0 heterocycles. The molecule has 0 rings (SSSR count). The van der Waals surface area contributed by atoms with Gasteiger partial charge in [0.2, 0.25) is 0 Å². The van der Waals surface area contributed by atoms with Gasteiger partial charge >= 0.3 is 5.97 Å². The van der Waals surface area contributed by atoms with E-state index < -0.39 is 49.5 Å². The van der Waals surface area contributed by atoms with Gasteiger partial charge in [0.15, 0.2) is 0 Å². The smallest absolute Gasteiger partial charge is 0.314 e. The summed E-state index contributed by atoms with van der Waals surface area (Å²) in [6.45, 7) is 0.476. The SMILES string of the molecule is CCCCCCOC(=O)C([C@@H](O)C(O)[C@@H](O)CO)[C@@H](O)CO. The largest absolute Gasteiger partial charge is 0.465 e. The summed E-state index contributed by atoms with van der Waals surface area (Å²) in [5.41, 5.74) is 0. The van der Waals surface area contributed by atoms with Gasteiger partial charge in [-0.15, -0.1) is 0 Å². The number of aliphatic hydroxyl groups is 6. The van der Waals surface area contributed by atoms with E-state index in [0.29, 0.717) is 6.42 Å². The van der Waals surface area contributed by atoms with Crippen LogP contribution in [0.1, 0.15) is 32.6 Å².